The molecule has 0 radical (unpaired) electrons. The molecular weight excluding hydrogens is 578 g/mol. The Labute approximate surface area is 252 Å². The van der Waals surface area contributed by atoms with Crippen LogP contribution in [0, 0.1) is 11.7 Å². The first-order chi connectivity index (χ1) is 19.8. The van der Waals surface area contributed by atoms with Gasteiger partial charge in [-0.2, -0.15) is 0 Å². The van der Waals surface area contributed by atoms with E-state index in [-0.39, 0.29) is 30.3 Å². The molecule has 1 N–H and O–H groups in total. The number of halogens is 3. The molecule has 1 saturated carbocycles. The molecule has 1 aliphatic carbocycles. The van der Waals surface area contributed by atoms with Crippen LogP contribution >= 0.6 is 23.2 Å². The molecule has 8 rings (SSSR count). The molecule has 1 saturated heterocycles. The fourth-order valence-electron chi connectivity index (χ4n) is 7.59. The Morgan fingerprint density at radius 2 is 1.98 bits per heavy atom. The van der Waals surface area contributed by atoms with Crippen LogP contribution in [-0.2, 0) is 21.6 Å². The first kappa shape index (κ1) is 27.4. The number of hydrogen-bond donors (Lipinski definition) is 1. The van der Waals surface area contributed by atoms with Gasteiger partial charge in [-0.15, -0.1) is 0 Å². The molecule has 1 amide bonds. The molecule has 3 aliphatic heterocycles. The van der Waals surface area contributed by atoms with Crippen LogP contribution in [0.25, 0.3) is 11.0 Å². The molecule has 4 aromatic rings. The number of likely N-dealkylation sites (tertiary alicyclic amines) is 1. The van der Waals surface area contributed by atoms with E-state index in [4.69, 9.17) is 32.9 Å². The number of rotatable bonds is 4. The zero-order valence-corrected chi connectivity index (χ0v) is 23.5. The second-order valence-corrected chi connectivity index (χ2v) is 12.3. The Kier molecular flexibility index (Phi) is 6.21. The molecule has 0 bridgehead atoms. The number of anilines is 1. The smallest absolute Gasteiger partial charge is 0.337 e. The van der Waals surface area contributed by atoms with Crippen LogP contribution in [0.4, 0.5) is 10.1 Å². The number of carbonyl (C=O) groups is 2. The fraction of sp³-hybridized carbons (Fsp3) is 0.344. The number of nitrogens with one attached hydrogen (secondary N) is 1. The van der Waals surface area contributed by atoms with Crippen LogP contribution < -0.4 is 5.32 Å². The summed E-state index contributed by atoms with van der Waals surface area (Å²) < 4.78 is 23.2. The van der Waals surface area contributed by atoms with Crippen molar-refractivity contribution < 1.29 is 18.7 Å². The Morgan fingerprint density at radius 3 is 2.74 bits per heavy atom. The van der Waals surface area contributed by atoms with Crippen LogP contribution in [0.3, 0.4) is 0 Å². The third-order valence-electron chi connectivity index (χ3n) is 9.40. The Morgan fingerprint density at radius 1 is 1.17 bits per heavy atom. The van der Waals surface area contributed by atoms with Gasteiger partial charge in [0.2, 0.25) is 5.91 Å². The molecule has 1 spiro atoms. The molecule has 4 aliphatic rings. The van der Waals surface area contributed by atoms with Gasteiger partial charge in [0, 0.05) is 47.2 Å². The van der Waals surface area contributed by atoms with Crippen LogP contribution in [0.15, 0.2) is 54.6 Å². The lowest BCUT2D eigenvalue weighted by molar-refractivity contribution is -0.128. The number of esters is 1. The van der Waals surface area contributed by atoms with Crippen molar-refractivity contribution in [3.63, 3.8) is 0 Å². The molecule has 3 aromatic carbocycles. The normalized spacial score (nSPS) is 25.7. The average Bonchev–Trinajstić information content (AvgIpc) is 3.41. The van der Waals surface area contributed by atoms with Gasteiger partial charge in [-0.05, 0) is 60.7 Å². The fourth-order valence-corrected chi connectivity index (χ4v) is 7.95. The molecule has 4 atom stereocenters. The lowest BCUT2D eigenvalue weighted by Crippen LogP contribution is -2.53. The van der Waals surface area contributed by atoms with Gasteiger partial charge in [-0.3, -0.25) is 9.69 Å². The number of amides is 1. The van der Waals surface area contributed by atoms with Crippen molar-refractivity contribution in [3.05, 3.63) is 93.0 Å². The van der Waals surface area contributed by atoms with E-state index in [1.807, 2.05) is 12.1 Å². The van der Waals surface area contributed by atoms with Crippen molar-refractivity contribution in [2.24, 2.45) is 5.92 Å². The van der Waals surface area contributed by atoms with Crippen LogP contribution in [0.2, 0.25) is 10.0 Å². The molecule has 2 fully saturated rings. The highest BCUT2D eigenvalue weighted by Crippen LogP contribution is 2.65. The maximum absolute atomic E-state index is 16.1. The van der Waals surface area contributed by atoms with Crippen molar-refractivity contribution in [2.75, 3.05) is 19.0 Å². The summed E-state index contributed by atoms with van der Waals surface area (Å²) in [6.45, 7) is 1.25. The SMILES string of the molecule is C.COC(=O)c1ccc2nc3n(c2c1)C[C@H]1[C@@H]3[C@H](c2cccc(Cl)c2F)[C@]2(C(=O)Nc3cc(Cl)ccc32)N1CC1CC1. The summed E-state index contributed by atoms with van der Waals surface area (Å²) in [5.41, 5.74) is 2.63. The zero-order valence-electron chi connectivity index (χ0n) is 22.0. The highest BCUT2D eigenvalue weighted by molar-refractivity contribution is 6.31. The number of fused-ring (bicyclic) bond motifs is 7. The quantitative estimate of drug-likeness (QED) is 0.261. The predicted molar refractivity (Wildman–Crippen MR) is 160 cm³/mol. The summed E-state index contributed by atoms with van der Waals surface area (Å²) in [7, 11) is 1.36. The molecule has 1 aromatic heterocycles. The number of nitrogens with zero attached hydrogens (tertiary/aromatic N) is 3. The Balaban J connectivity index is 0.00000288. The van der Waals surface area contributed by atoms with Crippen LogP contribution in [0.5, 0.6) is 0 Å². The van der Waals surface area contributed by atoms with Gasteiger partial charge < -0.3 is 14.6 Å². The molecule has 4 heterocycles. The topological polar surface area (TPSA) is 76.5 Å². The first-order valence-corrected chi connectivity index (χ1v) is 14.5. The van der Waals surface area contributed by atoms with Crippen molar-refractivity contribution in [1.29, 1.82) is 0 Å². The van der Waals surface area contributed by atoms with Crippen molar-refractivity contribution in [3.8, 4) is 0 Å². The standard InChI is InChI=1S/C31H25Cl2FN4O3.CH4/c1-41-29(39)16-7-10-21-23(11-16)37-14-24-25(28(37)35-21)26(18-3-2-4-20(33)27(18)34)31(38(24)13-15-5-6-15)19-9-8-17(32)12-22(19)36-30(31)40;/h2-4,7-12,15,24-26H,5-6,13-14H2,1H3,(H,36,40);1H4/t24-,25+,26-,31+;/m0./s1. The Hall–Kier alpha value is -3.46. The van der Waals surface area contributed by atoms with Crippen LogP contribution in [0.1, 0.15) is 59.4 Å². The van der Waals surface area contributed by atoms with Gasteiger partial charge in [0.25, 0.3) is 0 Å². The number of methoxy groups -OCH3 is 1. The van der Waals surface area contributed by atoms with Gasteiger partial charge in [0.15, 0.2) is 0 Å². The number of imidazole rings is 1. The second-order valence-electron chi connectivity index (χ2n) is 11.5. The number of carbonyl (C=O) groups excluding carboxylic acids is 2. The summed E-state index contributed by atoms with van der Waals surface area (Å²) in [6.07, 6.45) is 2.18. The summed E-state index contributed by atoms with van der Waals surface area (Å²) in [5, 5.41) is 3.62. The summed E-state index contributed by atoms with van der Waals surface area (Å²) in [6, 6.07) is 15.6. The van der Waals surface area contributed by atoms with E-state index >= 15 is 4.39 Å². The molecule has 216 valence electrons. The Bertz CT molecular complexity index is 1800. The summed E-state index contributed by atoms with van der Waals surface area (Å²) in [5.74, 6) is -0.854. The highest BCUT2D eigenvalue weighted by Gasteiger charge is 2.69. The highest BCUT2D eigenvalue weighted by atomic mass is 35.5. The van der Waals surface area contributed by atoms with E-state index in [0.717, 1.165) is 35.3 Å². The molecule has 42 heavy (non-hydrogen) atoms. The van der Waals surface area contributed by atoms with E-state index in [1.165, 1.54) is 13.2 Å². The van der Waals surface area contributed by atoms with E-state index in [9.17, 15) is 9.59 Å². The van der Waals surface area contributed by atoms with Crippen molar-refractivity contribution in [1.82, 2.24) is 14.5 Å². The van der Waals surface area contributed by atoms with E-state index in [0.29, 0.717) is 40.8 Å². The minimum absolute atomic E-state index is 0. The van der Waals surface area contributed by atoms with Gasteiger partial charge in [0.1, 0.15) is 17.2 Å². The van der Waals surface area contributed by atoms with Gasteiger partial charge in [-0.25, -0.2) is 14.2 Å². The zero-order chi connectivity index (χ0) is 28.2. The van der Waals surface area contributed by atoms with Crippen molar-refractivity contribution >= 4 is 51.8 Å². The third kappa shape index (κ3) is 3.58. The van der Waals surface area contributed by atoms with Crippen molar-refractivity contribution in [2.45, 2.75) is 50.2 Å². The number of hydrogen-bond acceptors (Lipinski definition) is 5. The maximum Gasteiger partial charge on any atom is 0.337 e. The minimum Gasteiger partial charge on any atom is -0.465 e. The van der Waals surface area contributed by atoms with Crippen LogP contribution in [-0.4, -0.2) is 46.0 Å². The average molecular weight is 608 g/mol. The van der Waals surface area contributed by atoms with Gasteiger partial charge in [0.05, 0.1) is 28.7 Å². The van der Waals surface area contributed by atoms with E-state index in [2.05, 4.69) is 14.8 Å². The maximum atomic E-state index is 16.1. The lowest BCUT2D eigenvalue weighted by atomic mass is 9.71. The first-order valence-electron chi connectivity index (χ1n) is 13.7. The molecule has 10 heteroatoms. The summed E-state index contributed by atoms with van der Waals surface area (Å²) in [4.78, 5) is 34.1. The van der Waals surface area contributed by atoms with Gasteiger partial charge >= 0.3 is 5.97 Å². The number of ether oxygens (including phenoxy) is 1. The largest absolute Gasteiger partial charge is 0.465 e. The number of aromatic nitrogens is 2. The third-order valence-corrected chi connectivity index (χ3v) is 9.93. The van der Waals surface area contributed by atoms with Gasteiger partial charge in [-0.1, -0.05) is 48.8 Å². The molecular formula is C32H29Cl2FN4O3. The second kappa shape index (κ2) is 9.53. The predicted octanol–water partition coefficient (Wildman–Crippen LogP) is 6.73. The molecule has 7 nitrogen and oxygen atoms in total. The monoisotopic (exact) mass is 606 g/mol. The summed E-state index contributed by atoms with van der Waals surface area (Å²) >= 11 is 12.7. The molecule has 0 unspecified atom stereocenters. The number of benzene rings is 3. The van der Waals surface area contributed by atoms with E-state index in [1.54, 1.807) is 36.4 Å². The van der Waals surface area contributed by atoms with E-state index < -0.39 is 23.2 Å². The minimum atomic E-state index is -1.18. The lowest BCUT2D eigenvalue weighted by Gasteiger charge is -2.40.